The number of ether oxygens (including phenoxy) is 2. The van der Waals surface area contributed by atoms with Gasteiger partial charge in [-0.15, -0.1) is 0 Å². The van der Waals surface area contributed by atoms with Gasteiger partial charge in [0.25, 0.3) is 5.91 Å². The fraction of sp³-hybridized carbons (Fsp3) is 0.471. The van der Waals surface area contributed by atoms with E-state index in [2.05, 4.69) is 10.1 Å². The summed E-state index contributed by atoms with van der Waals surface area (Å²) in [4.78, 5) is 35.6. The number of methoxy groups -OCH3 is 2. The zero-order valence-electron chi connectivity index (χ0n) is 13.7. The molecule has 130 valence electrons. The van der Waals surface area contributed by atoms with E-state index in [4.69, 9.17) is 4.74 Å². The minimum atomic E-state index is -0.590. The van der Waals surface area contributed by atoms with Crippen LogP contribution in [0.5, 0.6) is 5.75 Å². The number of amides is 1. The third kappa shape index (κ3) is 4.04. The second-order valence-corrected chi connectivity index (χ2v) is 5.78. The van der Waals surface area contributed by atoms with Crippen LogP contribution in [0.15, 0.2) is 18.2 Å². The maximum atomic E-state index is 12.4. The van der Waals surface area contributed by atoms with Crippen LogP contribution < -0.4 is 5.32 Å². The molecule has 0 aliphatic heterocycles. The molecule has 0 aromatic heterocycles. The number of esters is 2. The Kier molecular flexibility index (Phi) is 5.78. The highest BCUT2D eigenvalue weighted by atomic mass is 16.5. The number of carbonyl (C=O) groups is 3. The second kappa shape index (κ2) is 7.81. The van der Waals surface area contributed by atoms with Crippen molar-refractivity contribution in [2.24, 2.45) is 5.92 Å². The minimum absolute atomic E-state index is 0.00177. The van der Waals surface area contributed by atoms with Crippen LogP contribution in [0.4, 0.5) is 0 Å². The molecule has 1 saturated carbocycles. The van der Waals surface area contributed by atoms with Gasteiger partial charge in [0, 0.05) is 6.04 Å². The first kappa shape index (κ1) is 17.8. The lowest BCUT2D eigenvalue weighted by molar-refractivity contribution is -0.146. The molecular formula is C17H21NO6. The second-order valence-electron chi connectivity index (χ2n) is 5.78. The first-order valence-corrected chi connectivity index (χ1v) is 7.76. The van der Waals surface area contributed by atoms with Crippen molar-refractivity contribution in [1.82, 2.24) is 5.32 Å². The van der Waals surface area contributed by atoms with Gasteiger partial charge in [-0.3, -0.25) is 9.59 Å². The minimum Gasteiger partial charge on any atom is -0.507 e. The van der Waals surface area contributed by atoms with Gasteiger partial charge in [-0.25, -0.2) is 4.79 Å². The number of phenols is 1. The number of hydrogen-bond acceptors (Lipinski definition) is 6. The molecule has 0 spiro atoms. The van der Waals surface area contributed by atoms with Crippen LogP contribution >= 0.6 is 0 Å². The normalized spacial score (nSPS) is 20.1. The number of aromatic hydroxyl groups is 1. The van der Waals surface area contributed by atoms with Crippen molar-refractivity contribution >= 4 is 17.8 Å². The van der Waals surface area contributed by atoms with E-state index in [0.29, 0.717) is 6.42 Å². The highest BCUT2D eigenvalue weighted by Gasteiger charge is 2.29. The Bertz CT molecular complexity index is 642. The number of carbonyl (C=O) groups excluding carboxylic acids is 3. The fourth-order valence-electron chi connectivity index (χ4n) is 2.93. The van der Waals surface area contributed by atoms with Crippen molar-refractivity contribution in [2.45, 2.75) is 31.7 Å². The van der Waals surface area contributed by atoms with Gasteiger partial charge in [0.15, 0.2) is 0 Å². The quantitative estimate of drug-likeness (QED) is 0.811. The molecule has 7 heteroatoms. The Morgan fingerprint density at radius 2 is 1.92 bits per heavy atom. The lowest BCUT2D eigenvalue weighted by atomic mass is 9.85. The number of hydrogen-bond donors (Lipinski definition) is 2. The highest BCUT2D eigenvalue weighted by molar-refractivity contribution is 6.00. The molecule has 2 N–H and O–H groups in total. The smallest absolute Gasteiger partial charge is 0.337 e. The van der Waals surface area contributed by atoms with Crippen molar-refractivity contribution in [2.75, 3.05) is 14.2 Å². The predicted octanol–water partition coefficient (Wildman–Crippen LogP) is 1.64. The average Bonchev–Trinajstić information content (AvgIpc) is 2.60. The SMILES string of the molecule is COC(=O)c1ccc(O)c(C(=O)N[C@@H]2CCC[C@@H](C(=O)OC)C2)c1. The Balaban J connectivity index is 2.09. The Morgan fingerprint density at radius 3 is 2.58 bits per heavy atom. The summed E-state index contributed by atoms with van der Waals surface area (Å²) in [6.07, 6.45) is 2.79. The van der Waals surface area contributed by atoms with E-state index in [0.717, 1.165) is 19.3 Å². The summed E-state index contributed by atoms with van der Waals surface area (Å²) in [6.45, 7) is 0. The lowest BCUT2D eigenvalue weighted by Crippen LogP contribution is -2.40. The van der Waals surface area contributed by atoms with Gasteiger partial charge < -0.3 is 19.9 Å². The maximum Gasteiger partial charge on any atom is 0.337 e. The van der Waals surface area contributed by atoms with Crippen LogP contribution in [0.3, 0.4) is 0 Å². The first-order chi connectivity index (χ1) is 11.5. The fourth-order valence-corrected chi connectivity index (χ4v) is 2.93. The summed E-state index contributed by atoms with van der Waals surface area (Å²) in [5.41, 5.74) is 0.176. The highest BCUT2D eigenvalue weighted by Crippen LogP contribution is 2.26. The standard InChI is InChI=1S/C17H21NO6/c1-23-16(21)10-4-3-5-12(8-10)18-15(20)13-9-11(17(22)24-2)6-7-14(13)19/h6-7,9-10,12,19H,3-5,8H2,1-2H3,(H,18,20)/t10-,12-/m1/s1. The van der Waals surface area contributed by atoms with Crippen molar-refractivity contribution in [3.05, 3.63) is 29.3 Å². The maximum absolute atomic E-state index is 12.4. The summed E-state index contributed by atoms with van der Waals surface area (Å²) in [5, 5.41) is 12.7. The van der Waals surface area contributed by atoms with Crippen LogP contribution in [0.2, 0.25) is 0 Å². The Labute approximate surface area is 139 Å². The summed E-state index contributed by atoms with van der Waals surface area (Å²) < 4.78 is 9.37. The Hall–Kier alpha value is -2.57. The monoisotopic (exact) mass is 335 g/mol. The molecule has 1 aromatic rings. The third-order valence-electron chi connectivity index (χ3n) is 4.21. The molecule has 2 atom stereocenters. The summed E-state index contributed by atoms with van der Waals surface area (Å²) >= 11 is 0. The van der Waals surface area contributed by atoms with E-state index < -0.39 is 11.9 Å². The molecule has 1 aromatic carbocycles. The van der Waals surface area contributed by atoms with Gasteiger partial charge in [0.05, 0.1) is 31.3 Å². The molecule has 0 unspecified atom stereocenters. The number of nitrogens with one attached hydrogen (secondary N) is 1. The molecule has 1 aliphatic rings. The van der Waals surface area contributed by atoms with E-state index in [1.807, 2.05) is 0 Å². The summed E-state index contributed by atoms with van der Waals surface area (Å²) in [6, 6.07) is 3.76. The summed E-state index contributed by atoms with van der Waals surface area (Å²) in [5.74, 6) is -1.81. The van der Waals surface area contributed by atoms with Gasteiger partial charge in [0.2, 0.25) is 0 Å². The molecule has 1 amide bonds. The number of rotatable bonds is 4. The zero-order valence-corrected chi connectivity index (χ0v) is 13.7. The van der Waals surface area contributed by atoms with Crippen LogP contribution in [-0.4, -0.2) is 43.2 Å². The first-order valence-electron chi connectivity index (χ1n) is 7.76. The van der Waals surface area contributed by atoms with Gasteiger partial charge in [-0.1, -0.05) is 6.42 Å². The van der Waals surface area contributed by atoms with Crippen LogP contribution in [-0.2, 0) is 14.3 Å². The number of benzene rings is 1. The molecular weight excluding hydrogens is 314 g/mol. The predicted molar refractivity (Wildman–Crippen MR) is 84.7 cm³/mol. The van der Waals surface area contributed by atoms with Crippen LogP contribution in [0, 0.1) is 5.92 Å². The molecule has 1 aliphatic carbocycles. The van der Waals surface area contributed by atoms with Gasteiger partial charge in [0.1, 0.15) is 5.75 Å². The van der Waals surface area contributed by atoms with Gasteiger partial charge >= 0.3 is 11.9 Å². The Morgan fingerprint density at radius 1 is 1.17 bits per heavy atom. The average molecular weight is 335 g/mol. The molecule has 0 heterocycles. The lowest BCUT2D eigenvalue weighted by Gasteiger charge is -2.28. The van der Waals surface area contributed by atoms with E-state index >= 15 is 0 Å². The third-order valence-corrected chi connectivity index (χ3v) is 4.21. The van der Waals surface area contributed by atoms with E-state index in [1.54, 1.807) is 0 Å². The molecule has 7 nitrogen and oxygen atoms in total. The van der Waals surface area contributed by atoms with Gasteiger partial charge in [-0.2, -0.15) is 0 Å². The van der Waals surface area contributed by atoms with Crippen LogP contribution in [0.1, 0.15) is 46.4 Å². The largest absolute Gasteiger partial charge is 0.507 e. The van der Waals surface area contributed by atoms with E-state index in [1.165, 1.54) is 32.4 Å². The number of phenolic OH excluding ortho intramolecular Hbond substituents is 1. The van der Waals surface area contributed by atoms with Crippen molar-refractivity contribution < 1.29 is 29.0 Å². The van der Waals surface area contributed by atoms with Crippen molar-refractivity contribution in [3.8, 4) is 5.75 Å². The molecule has 0 saturated heterocycles. The molecule has 1 fully saturated rings. The van der Waals surface area contributed by atoms with E-state index in [-0.39, 0.29) is 34.8 Å². The van der Waals surface area contributed by atoms with E-state index in [9.17, 15) is 19.5 Å². The van der Waals surface area contributed by atoms with Crippen molar-refractivity contribution in [1.29, 1.82) is 0 Å². The van der Waals surface area contributed by atoms with Crippen molar-refractivity contribution in [3.63, 3.8) is 0 Å². The molecule has 24 heavy (non-hydrogen) atoms. The summed E-state index contributed by atoms with van der Waals surface area (Å²) in [7, 11) is 2.59. The molecule has 0 radical (unpaired) electrons. The zero-order chi connectivity index (χ0) is 17.7. The topological polar surface area (TPSA) is 102 Å². The molecule has 0 bridgehead atoms. The molecule has 2 rings (SSSR count). The van der Waals surface area contributed by atoms with Crippen LogP contribution in [0.25, 0.3) is 0 Å². The van der Waals surface area contributed by atoms with Gasteiger partial charge in [-0.05, 0) is 37.5 Å².